The molecule has 0 fully saturated rings. The molecule has 1 heterocycles. The third-order valence-electron chi connectivity index (χ3n) is 2.65. The van der Waals surface area contributed by atoms with Gasteiger partial charge in [0.2, 0.25) is 0 Å². The first kappa shape index (κ1) is 12.6. The van der Waals surface area contributed by atoms with Crippen molar-refractivity contribution in [3.63, 3.8) is 0 Å². The van der Waals surface area contributed by atoms with Crippen LogP contribution in [-0.4, -0.2) is 21.3 Å². The number of hydrogen-bond donors (Lipinski definition) is 1. The summed E-state index contributed by atoms with van der Waals surface area (Å²) in [6.07, 6.45) is 0.730. The lowest BCUT2D eigenvalue weighted by molar-refractivity contribution is 0.295. The minimum absolute atomic E-state index is 0.376. The van der Waals surface area contributed by atoms with E-state index in [1.807, 2.05) is 38.2 Å². The van der Waals surface area contributed by atoms with Crippen LogP contribution >= 0.6 is 0 Å². The van der Waals surface area contributed by atoms with Gasteiger partial charge in [0.1, 0.15) is 18.2 Å². The van der Waals surface area contributed by atoms with E-state index in [-0.39, 0.29) is 0 Å². The molecule has 0 amide bonds. The lowest BCUT2D eigenvalue weighted by atomic mass is 10.2. The predicted octanol–water partition coefficient (Wildman–Crippen LogP) is 1.20. The van der Waals surface area contributed by atoms with Crippen LogP contribution < -0.4 is 10.5 Å². The van der Waals surface area contributed by atoms with Crippen LogP contribution in [0.1, 0.15) is 17.2 Å². The standard InChI is InChI=1S/C13H18N4O/c1-10-3-5-11(6-4-10)18-9-12-15-13(7-8-14)17(2)16-12/h3-6H,7-9,14H2,1-2H3. The first-order chi connectivity index (χ1) is 8.69. The molecule has 0 atom stereocenters. The highest BCUT2D eigenvalue weighted by molar-refractivity contribution is 5.26. The molecule has 1 aromatic heterocycles. The van der Waals surface area contributed by atoms with Gasteiger partial charge in [0.25, 0.3) is 0 Å². The SMILES string of the molecule is Cc1ccc(OCc2nc(CCN)n(C)n2)cc1. The molecular weight excluding hydrogens is 228 g/mol. The van der Waals surface area contributed by atoms with Gasteiger partial charge in [-0.2, -0.15) is 5.10 Å². The van der Waals surface area contributed by atoms with E-state index >= 15 is 0 Å². The van der Waals surface area contributed by atoms with E-state index in [9.17, 15) is 0 Å². The second kappa shape index (κ2) is 5.64. The van der Waals surface area contributed by atoms with Crippen LogP contribution in [0.2, 0.25) is 0 Å². The predicted molar refractivity (Wildman–Crippen MR) is 69.3 cm³/mol. The van der Waals surface area contributed by atoms with Crippen molar-refractivity contribution in [2.75, 3.05) is 6.54 Å². The molecule has 0 spiro atoms. The summed E-state index contributed by atoms with van der Waals surface area (Å²) < 4.78 is 7.37. The minimum atomic E-state index is 0.376. The van der Waals surface area contributed by atoms with Gasteiger partial charge in [0, 0.05) is 13.5 Å². The molecule has 2 aromatic rings. The smallest absolute Gasteiger partial charge is 0.188 e. The number of hydrogen-bond acceptors (Lipinski definition) is 4. The Kier molecular flexibility index (Phi) is 3.94. The van der Waals surface area contributed by atoms with Gasteiger partial charge in [0.05, 0.1) is 0 Å². The summed E-state index contributed by atoms with van der Waals surface area (Å²) in [6, 6.07) is 7.92. The number of aromatic nitrogens is 3. The number of nitrogens with two attached hydrogens (primary N) is 1. The molecule has 96 valence electrons. The van der Waals surface area contributed by atoms with Crippen LogP contribution in [0.5, 0.6) is 5.75 Å². The molecule has 0 aliphatic carbocycles. The molecule has 0 unspecified atom stereocenters. The average molecular weight is 246 g/mol. The van der Waals surface area contributed by atoms with Gasteiger partial charge in [-0.3, -0.25) is 4.68 Å². The van der Waals surface area contributed by atoms with Crippen LogP contribution in [-0.2, 0) is 20.1 Å². The van der Waals surface area contributed by atoms with Crippen molar-refractivity contribution in [3.8, 4) is 5.75 Å². The maximum Gasteiger partial charge on any atom is 0.188 e. The highest BCUT2D eigenvalue weighted by Crippen LogP contribution is 2.12. The summed E-state index contributed by atoms with van der Waals surface area (Å²) in [4.78, 5) is 4.38. The summed E-state index contributed by atoms with van der Waals surface area (Å²) in [5.41, 5.74) is 6.72. The molecule has 0 saturated carbocycles. The molecule has 5 nitrogen and oxygen atoms in total. The maximum absolute atomic E-state index is 5.62. The lowest BCUT2D eigenvalue weighted by Crippen LogP contribution is -2.08. The summed E-state index contributed by atoms with van der Waals surface area (Å²) in [6.45, 7) is 3.00. The Morgan fingerprint density at radius 3 is 2.67 bits per heavy atom. The van der Waals surface area contributed by atoms with Gasteiger partial charge < -0.3 is 10.5 Å². The van der Waals surface area contributed by atoms with E-state index in [1.54, 1.807) is 4.68 Å². The van der Waals surface area contributed by atoms with E-state index in [4.69, 9.17) is 10.5 Å². The Morgan fingerprint density at radius 1 is 1.28 bits per heavy atom. The van der Waals surface area contributed by atoms with E-state index in [0.29, 0.717) is 19.0 Å². The Labute approximate surface area is 107 Å². The summed E-state index contributed by atoms with van der Waals surface area (Å²) in [5.74, 6) is 2.40. The highest BCUT2D eigenvalue weighted by atomic mass is 16.5. The Morgan fingerprint density at radius 2 is 2.00 bits per heavy atom. The Hall–Kier alpha value is -1.88. The van der Waals surface area contributed by atoms with Crippen molar-refractivity contribution in [1.82, 2.24) is 14.8 Å². The van der Waals surface area contributed by atoms with Gasteiger partial charge in [-0.05, 0) is 25.6 Å². The molecule has 18 heavy (non-hydrogen) atoms. The van der Waals surface area contributed by atoms with Crippen molar-refractivity contribution in [3.05, 3.63) is 41.5 Å². The molecule has 0 bridgehead atoms. The first-order valence-corrected chi connectivity index (χ1v) is 5.97. The average Bonchev–Trinajstić information content (AvgIpc) is 2.70. The quantitative estimate of drug-likeness (QED) is 0.861. The maximum atomic E-state index is 5.62. The molecule has 0 aliphatic rings. The zero-order valence-corrected chi connectivity index (χ0v) is 10.8. The van der Waals surface area contributed by atoms with Gasteiger partial charge in [-0.25, -0.2) is 4.98 Å². The second-order valence-electron chi connectivity index (χ2n) is 4.21. The normalized spacial score (nSPS) is 10.6. The van der Waals surface area contributed by atoms with Crippen molar-refractivity contribution in [2.45, 2.75) is 20.0 Å². The summed E-state index contributed by atoms with van der Waals surface area (Å²) >= 11 is 0. The second-order valence-corrected chi connectivity index (χ2v) is 4.21. The van der Waals surface area contributed by atoms with E-state index in [0.717, 1.165) is 18.0 Å². The molecule has 2 N–H and O–H groups in total. The van der Waals surface area contributed by atoms with Gasteiger partial charge in [-0.1, -0.05) is 17.7 Å². The number of ether oxygens (including phenoxy) is 1. The van der Waals surface area contributed by atoms with Gasteiger partial charge in [0.15, 0.2) is 5.82 Å². The topological polar surface area (TPSA) is 66.0 Å². The first-order valence-electron chi connectivity index (χ1n) is 5.97. The van der Waals surface area contributed by atoms with E-state index < -0.39 is 0 Å². The van der Waals surface area contributed by atoms with Crippen LogP contribution in [0, 0.1) is 6.92 Å². The number of nitrogens with zero attached hydrogens (tertiary/aromatic N) is 3. The molecule has 0 aliphatic heterocycles. The largest absolute Gasteiger partial charge is 0.486 e. The number of rotatable bonds is 5. The third kappa shape index (κ3) is 3.07. The zero-order valence-electron chi connectivity index (χ0n) is 10.8. The molecule has 0 radical (unpaired) electrons. The zero-order chi connectivity index (χ0) is 13.0. The fourth-order valence-electron chi connectivity index (χ4n) is 1.66. The molecule has 2 rings (SSSR count). The molecule has 1 aromatic carbocycles. The van der Waals surface area contributed by atoms with Crippen LogP contribution in [0.25, 0.3) is 0 Å². The van der Waals surface area contributed by atoms with Gasteiger partial charge >= 0.3 is 0 Å². The lowest BCUT2D eigenvalue weighted by Gasteiger charge is -2.03. The van der Waals surface area contributed by atoms with Crippen LogP contribution in [0.15, 0.2) is 24.3 Å². The highest BCUT2D eigenvalue weighted by Gasteiger charge is 2.06. The van der Waals surface area contributed by atoms with Crippen molar-refractivity contribution >= 4 is 0 Å². The van der Waals surface area contributed by atoms with Crippen molar-refractivity contribution < 1.29 is 4.74 Å². The van der Waals surface area contributed by atoms with E-state index in [2.05, 4.69) is 10.1 Å². The van der Waals surface area contributed by atoms with E-state index in [1.165, 1.54) is 5.56 Å². The third-order valence-corrected chi connectivity index (χ3v) is 2.65. The van der Waals surface area contributed by atoms with Gasteiger partial charge in [-0.15, -0.1) is 0 Å². The fraction of sp³-hybridized carbons (Fsp3) is 0.385. The Bertz CT molecular complexity index is 504. The Balaban J connectivity index is 1.97. The van der Waals surface area contributed by atoms with Crippen molar-refractivity contribution in [1.29, 1.82) is 0 Å². The van der Waals surface area contributed by atoms with Crippen LogP contribution in [0.3, 0.4) is 0 Å². The van der Waals surface area contributed by atoms with Crippen LogP contribution in [0.4, 0.5) is 0 Å². The summed E-state index contributed by atoms with van der Waals surface area (Å²) in [7, 11) is 1.87. The van der Waals surface area contributed by atoms with Crippen molar-refractivity contribution in [2.24, 2.45) is 12.8 Å². The molecular formula is C13H18N4O. The number of benzene rings is 1. The number of aryl methyl sites for hydroxylation is 2. The monoisotopic (exact) mass is 246 g/mol. The summed E-state index contributed by atoms with van der Waals surface area (Å²) in [5, 5.41) is 4.29. The minimum Gasteiger partial charge on any atom is -0.486 e. The molecule has 0 saturated heterocycles. The molecule has 5 heteroatoms. The fourth-order valence-corrected chi connectivity index (χ4v) is 1.66.